The van der Waals surface area contributed by atoms with Gasteiger partial charge in [-0.05, 0) is 36.4 Å². The summed E-state index contributed by atoms with van der Waals surface area (Å²) in [6, 6.07) is 12.9. The van der Waals surface area contributed by atoms with Gasteiger partial charge in [0.05, 0.1) is 12.2 Å². The van der Waals surface area contributed by atoms with Crippen LogP contribution in [0.25, 0.3) is 0 Å². The smallest absolute Gasteiger partial charge is 0.253 e. The van der Waals surface area contributed by atoms with Crippen molar-refractivity contribution in [2.75, 3.05) is 10.6 Å². The zero-order valence-corrected chi connectivity index (χ0v) is 13.1. The Bertz CT molecular complexity index is 853. The summed E-state index contributed by atoms with van der Waals surface area (Å²) in [4.78, 5) is 27.6. The van der Waals surface area contributed by atoms with Gasteiger partial charge in [-0.25, -0.2) is 0 Å². The quantitative estimate of drug-likeness (QED) is 0.687. The molecule has 0 saturated heterocycles. The summed E-state index contributed by atoms with van der Waals surface area (Å²) in [7, 11) is 0. The summed E-state index contributed by atoms with van der Waals surface area (Å²) in [6.45, 7) is 0.390. The highest BCUT2D eigenvalue weighted by Gasteiger charge is 2.20. The third kappa shape index (κ3) is 2.92. The SMILES string of the molecule is O=c1c(NCc2ccccn2)c(Nc2ccc(Br)cc2)c1=O. The first-order chi connectivity index (χ1) is 10.6. The first-order valence-electron chi connectivity index (χ1n) is 6.65. The fourth-order valence-electron chi connectivity index (χ4n) is 2.04. The van der Waals surface area contributed by atoms with E-state index in [-0.39, 0.29) is 0 Å². The molecule has 0 aliphatic rings. The van der Waals surface area contributed by atoms with Gasteiger partial charge in [-0.15, -0.1) is 0 Å². The van der Waals surface area contributed by atoms with Crippen LogP contribution in [0.1, 0.15) is 5.69 Å². The third-order valence-corrected chi connectivity index (χ3v) is 3.73. The zero-order chi connectivity index (χ0) is 15.5. The first kappa shape index (κ1) is 14.5. The summed E-state index contributed by atoms with van der Waals surface area (Å²) in [6.07, 6.45) is 1.68. The van der Waals surface area contributed by atoms with Crippen LogP contribution in [0.3, 0.4) is 0 Å². The van der Waals surface area contributed by atoms with Crippen molar-refractivity contribution in [3.63, 3.8) is 0 Å². The Morgan fingerprint density at radius 1 is 0.955 bits per heavy atom. The van der Waals surface area contributed by atoms with Crippen molar-refractivity contribution >= 4 is 33.0 Å². The second-order valence-electron chi connectivity index (χ2n) is 4.71. The van der Waals surface area contributed by atoms with Crippen molar-refractivity contribution in [1.82, 2.24) is 4.98 Å². The van der Waals surface area contributed by atoms with Gasteiger partial charge in [0.2, 0.25) is 0 Å². The number of hydrogen-bond donors (Lipinski definition) is 2. The summed E-state index contributed by atoms with van der Waals surface area (Å²) in [5.74, 6) is 0. The van der Waals surface area contributed by atoms with Crippen molar-refractivity contribution in [3.05, 3.63) is 79.3 Å². The maximum atomic E-state index is 11.7. The average molecular weight is 358 g/mol. The van der Waals surface area contributed by atoms with Crippen LogP contribution in [0.15, 0.2) is 62.7 Å². The summed E-state index contributed by atoms with van der Waals surface area (Å²) >= 11 is 3.35. The molecule has 0 fully saturated rings. The van der Waals surface area contributed by atoms with E-state index in [1.807, 2.05) is 42.5 Å². The van der Waals surface area contributed by atoms with Crippen molar-refractivity contribution in [2.24, 2.45) is 0 Å². The predicted molar refractivity (Wildman–Crippen MR) is 90.3 cm³/mol. The van der Waals surface area contributed by atoms with Gasteiger partial charge >= 0.3 is 0 Å². The third-order valence-electron chi connectivity index (χ3n) is 3.20. The zero-order valence-electron chi connectivity index (χ0n) is 11.5. The lowest BCUT2D eigenvalue weighted by Crippen LogP contribution is -2.36. The Morgan fingerprint density at radius 3 is 2.36 bits per heavy atom. The number of benzene rings is 1. The Balaban J connectivity index is 1.76. The van der Waals surface area contributed by atoms with Crippen molar-refractivity contribution in [3.8, 4) is 0 Å². The molecular weight excluding hydrogens is 346 g/mol. The fourth-order valence-corrected chi connectivity index (χ4v) is 2.30. The van der Waals surface area contributed by atoms with Gasteiger partial charge in [0.1, 0.15) is 11.4 Å². The molecule has 0 aliphatic carbocycles. The van der Waals surface area contributed by atoms with Crippen LogP contribution in [-0.4, -0.2) is 4.98 Å². The molecule has 110 valence electrons. The minimum atomic E-state index is -0.508. The standard InChI is InChI=1S/C16H12BrN3O2/c17-10-4-6-11(7-5-10)20-14-13(15(21)16(14)22)19-9-12-3-1-2-8-18-12/h1-8,19-20H,9H2. The van der Waals surface area contributed by atoms with Gasteiger partial charge in [-0.1, -0.05) is 22.0 Å². The maximum absolute atomic E-state index is 11.7. The normalized spacial score (nSPS) is 10.6. The Hall–Kier alpha value is -2.47. The second kappa shape index (κ2) is 6.11. The molecule has 6 heteroatoms. The summed E-state index contributed by atoms with van der Waals surface area (Å²) in [5, 5.41) is 5.95. The molecule has 1 heterocycles. The van der Waals surface area contributed by atoms with Crippen LogP contribution >= 0.6 is 15.9 Å². The Morgan fingerprint density at radius 2 is 1.68 bits per heavy atom. The highest BCUT2D eigenvalue weighted by atomic mass is 79.9. The van der Waals surface area contributed by atoms with E-state index in [2.05, 4.69) is 31.5 Å². The number of anilines is 3. The maximum Gasteiger partial charge on any atom is 0.253 e. The molecule has 1 aromatic heterocycles. The van der Waals surface area contributed by atoms with Gasteiger partial charge in [-0.2, -0.15) is 0 Å². The van der Waals surface area contributed by atoms with E-state index in [4.69, 9.17) is 0 Å². The van der Waals surface area contributed by atoms with E-state index in [9.17, 15) is 9.59 Å². The topological polar surface area (TPSA) is 71.1 Å². The number of halogens is 1. The molecule has 0 unspecified atom stereocenters. The molecule has 0 spiro atoms. The molecule has 0 bridgehead atoms. The molecule has 0 amide bonds. The van der Waals surface area contributed by atoms with Crippen molar-refractivity contribution in [1.29, 1.82) is 0 Å². The lowest BCUT2D eigenvalue weighted by atomic mass is 10.1. The molecule has 3 rings (SSSR count). The molecule has 3 aromatic rings. The number of aromatic nitrogens is 1. The second-order valence-corrected chi connectivity index (χ2v) is 5.63. The van der Waals surface area contributed by atoms with Crippen molar-refractivity contribution < 1.29 is 0 Å². The van der Waals surface area contributed by atoms with Gasteiger partial charge in [0.15, 0.2) is 0 Å². The van der Waals surface area contributed by atoms with E-state index >= 15 is 0 Å². The van der Waals surface area contributed by atoms with Crippen molar-refractivity contribution in [2.45, 2.75) is 6.54 Å². The monoisotopic (exact) mass is 357 g/mol. The minimum absolute atomic E-state index is 0.295. The van der Waals surface area contributed by atoms with Gasteiger partial charge in [0.25, 0.3) is 10.9 Å². The van der Waals surface area contributed by atoms with Crippen LogP contribution in [0.5, 0.6) is 0 Å². The highest BCUT2D eigenvalue weighted by Crippen LogP contribution is 2.22. The van der Waals surface area contributed by atoms with E-state index in [0.717, 1.165) is 15.9 Å². The molecule has 2 N–H and O–H groups in total. The molecule has 5 nitrogen and oxygen atoms in total. The summed E-state index contributed by atoms with van der Waals surface area (Å²) in [5.41, 5.74) is 1.13. The average Bonchev–Trinajstić information content (AvgIpc) is 2.56. The van der Waals surface area contributed by atoms with E-state index in [1.54, 1.807) is 6.20 Å². The Labute approximate surface area is 134 Å². The highest BCUT2D eigenvalue weighted by molar-refractivity contribution is 9.10. The number of nitrogens with zero attached hydrogens (tertiary/aromatic N) is 1. The van der Waals surface area contributed by atoms with Gasteiger partial charge in [0, 0.05) is 16.4 Å². The molecule has 0 radical (unpaired) electrons. The van der Waals surface area contributed by atoms with Crippen LogP contribution in [0.4, 0.5) is 17.1 Å². The lowest BCUT2D eigenvalue weighted by molar-refractivity contribution is 1.04. The van der Waals surface area contributed by atoms with Crippen LogP contribution in [0, 0.1) is 0 Å². The number of hydrogen-bond acceptors (Lipinski definition) is 5. The number of pyridine rings is 1. The molecule has 0 aliphatic heterocycles. The summed E-state index contributed by atoms with van der Waals surface area (Å²) < 4.78 is 0.941. The minimum Gasteiger partial charge on any atom is -0.374 e. The van der Waals surface area contributed by atoms with E-state index in [1.165, 1.54) is 0 Å². The number of rotatable bonds is 5. The molecule has 2 aromatic carbocycles. The largest absolute Gasteiger partial charge is 0.374 e. The number of nitrogens with one attached hydrogen (secondary N) is 2. The van der Waals surface area contributed by atoms with Crippen LogP contribution in [-0.2, 0) is 6.54 Å². The van der Waals surface area contributed by atoms with Gasteiger partial charge in [-0.3, -0.25) is 14.6 Å². The molecule has 22 heavy (non-hydrogen) atoms. The predicted octanol–water partition coefficient (Wildman–Crippen LogP) is 2.80. The van der Waals surface area contributed by atoms with E-state index < -0.39 is 10.9 Å². The first-order valence-corrected chi connectivity index (χ1v) is 7.44. The van der Waals surface area contributed by atoms with Gasteiger partial charge < -0.3 is 10.6 Å². The molecule has 0 atom stereocenters. The molecular formula is C16H12BrN3O2. The fraction of sp³-hybridized carbons (Fsp3) is 0.0625. The van der Waals surface area contributed by atoms with Crippen LogP contribution in [0.2, 0.25) is 0 Å². The molecule has 0 saturated carbocycles. The van der Waals surface area contributed by atoms with Crippen LogP contribution < -0.4 is 21.5 Å². The van der Waals surface area contributed by atoms with E-state index in [0.29, 0.717) is 17.9 Å². The Kier molecular flexibility index (Phi) is 4.02. The lowest BCUT2D eigenvalue weighted by Gasteiger charge is -2.14.